The summed E-state index contributed by atoms with van der Waals surface area (Å²) in [6.45, 7) is 1.38. The van der Waals surface area contributed by atoms with E-state index in [-0.39, 0.29) is 23.3 Å². The lowest BCUT2D eigenvalue weighted by atomic mass is 10.2. The monoisotopic (exact) mass is 277 g/mol. The fraction of sp³-hybridized carbons (Fsp3) is 0.538. The molecule has 0 aliphatic carbocycles. The zero-order valence-electron chi connectivity index (χ0n) is 11.6. The van der Waals surface area contributed by atoms with Crippen LogP contribution in [0.2, 0.25) is 0 Å². The molecule has 2 atom stereocenters. The SMILES string of the molecule is C#Cc1nn([C@@H]2CN[C@@H](COC)C2)c(NC)c1C(N)=O. The van der Waals surface area contributed by atoms with E-state index >= 15 is 0 Å². The van der Waals surface area contributed by atoms with Crippen LogP contribution in [0, 0.1) is 12.3 Å². The largest absolute Gasteiger partial charge is 0.383 e. The standard InChI is InChI=1S/C13H19N5O2/c1-4-10-11(12(14)19)13(15-2)18(17-10)9-5-8(7-20-3)16-6-9/h1,8-9,15-16H,5-7H2,2-3H3,(H2,14,19)/t8-,9+/m1/s1. The fourth-order valence-electron chi connectivity index (χ4n) is 2.58. The molecule has 1 saturated heterocycles. The third kappa shape index (κ3) is 2.48. The molecule has 2 heterocycles. The smallest absolute Gasteiger partial charge is 0.255 e. The number of nitrogens with one attached hydrogen (secondary N) is 2. The molecule has 1 amide bonds. The normalized spacial score (nSPS) is 21.6. The van der Waals surface area contributed by atoms with Crippen molar-refractivity contribution in [2.24, 2.45) is 5.73 Å². The van der Waals surface area contributed by atoms with Crippen molar-refractivity contribution in [3.63, 3.8) is 0 Å². The number of rotatable bonds is 5. The van der Waals surface area contributed by atoms with Crippen LogP contribution in [0.5, 0.6) is 0 Å². The van der Waals surface area contributed by atoms with Gasteiger partial charge in [0.1, 0.15) is 17.1 Å². The number of hydrogen-bond acceptors (Lipinski definition) is 5. The lowest BCUT2D eigenvalue weighted by molar-refractivity contribution is 0.100. The number of anilines is 1. The zero-order chi connectivity index (χ0) is 14.7. The first kappa shape index (κ1) is 14.4. The minimum absolute atomic E-state index is 0.109. The first-order valence-electron chi connectivity index (χ1n) is 6.41. The Morgan fingerprint density at radius 1 is 1.75 bits per heavy atom. The quantitative estimate of drug-likeness (QED) is 0.634. The van der Waals surface area contributed by atoms with Crippen molar-refractivity contribution in [3.05, 3.63) is 11.3 Å². The number of primary amides is 1. The van der Waals surface area contributed by atoms with Gasteiger partial charge in [0.05, 0.1) is 12.6 Å². The molecule has 1 aliphatic heterocycles. The Morgan fingerprint density at radius 2 is 2.50 bits per heavy atom. The molecule has 0 unspecified atom stereocenters. The molecule has 0 bridgehead atoms. The van der Waals surface area contributed by atoms with Crippen LogP contribution >= 0.6 is 0 Å². The van der Waals surface area contributed by atoms with Crippen molar-refractivity contribution in [1.82, 2.24) is 15.1 Å². The molecule has 1 aromatic rings. The van der Waals surface area contributed by atoms with Gasteiger partial charge < -0.3 is 21.1 Å². The summed E-state index contributed by atoms with van der Waals surface area (Å²) in [5.41, 5.74) is 5.93. The number of ether oxygens (including phenoxy) is 1. The summed E-state index contributed by atoms with van der Waals surface area (Å²) < 4.78 is 6.89. The van der Waals surface area contributed by atoms with Crippen molar-refractivity contribution in [3.8, 4) is 12.3 Å². The van der Waals surface area contributed by atoms with Crippen molar-refractivity contribution in [2.45, 2.75) is 18.5 Å². The van der Waals surface area contributed by atoms with E-state index in [1.807, 2.05) is 0 Å². The minimum Gasteiger partial charge on any atom is -0.383 e. The van der Waals surface area contributed by atoms with Gasteiger partial charge in [0, 0.05) is 26.7 Å². The highest BCUT2D eigenvalue weighted by atomic mass is 16.5. The highest BCUT2D eigenvalue weighted by Gasteiger charge is 2.30. The van der Waals surface area contributed by atoms with Gasteiger partial charge in [-0.2, -0.15) is 5.10 Å². The van der Waals surface area contributed by atoms with E-state index in [1.165, 1.54) is 0 Å². The second-order valence-corrected chi connectivity index (χ2v) is 4.73. The summed E-state index contributed by atoms with van der Waals surface area (Å²) in [7, 11) is 3.39. The molecule has 1 aromatic heterocycles. The number of aromatic nitrogens is 2. The highest BCUT2D eigenvalue weighted by molar-refractivity contribution is 6.00. The number of amides is 1. The summed E-state index contributed by atoms with van der Waals surface area (Å²) in [5, 5.41) is 10.7. The van der Waals surface area contributed by atoms with Crippen LogP contribution in [0.15, 0.2) is 0 Å². The molecule has 0 aromatic carbocycles. The van der Waals surface area contributed by atoms with Crippen LogP contribution in [-0.4, -0.2) is 49.0 Å². The first-order valence-corrected chi connectivity index (χ1v) is 6.41. The molecule has 0 spiro atoms. The molecule has 1 fully saturated rings. The maximum absolute atomic E-state index is 11.6. The van der Waals surface area contributed by atoms with Crippen molar-refractivity contribution in [2.75, 3.05) is 32.6 Å². The second kappa shape index (κ2) is 5.94. The maximum atomic E-state index is 11.6. The van der Waals surface area contributed by atoms with E-state index < -0.39 is 5.91 Å². The number of methoxy groups -OCH3 is 1. The van der Waals surface area contributed by atoms with Crippen LogP contribution in [0.4, 0.5) is 5.82 Å². The summed E-state index contributed by atoms with van der Waals surface area (Å²) in [6.07, 6.45) is 6.26. The van der Waals surface area contributed by atoms with Gasteiger partial charge in [0.15, 0.2) is 0 Å². The van der Waals surface area contributed by atoms with E-state index in [1.54, 1.807) is 18.8 Å². The second-order valence-electron chi connectivity index (χ2n) is 4.73. The summed E-state index contributed by atoms with van der Waals surface area (Å²) in [6, 6.07) is 0.378. The highest BCUT2D eigenvalue weighted by Crippen LogP contribution is 2.27. The summed E-state index contributed by atoms with van der Waals surface area (Å²) >= 11 is 0. The molecule has 20 heavy (non-hydrogen) atoms. The summed E-state index contributed by atoms with van der Waals surface area (Å²) in [4.78, 5) is 11.6. The van der Waals surface area contributed by atoms with E-state index in [2.05, 4.69) is 21.7 Å². The average Bonchev–Trinajstić information content (AvgIpc) is 3.01. The number of nitrogens with zero attached hydrogens (tertiary/aromatic N) is 2. The first-order chi connectivity index (χ1) is 9.62. The van der Waals surface area contributed by atoms with E-state index in [4.69, 9.17) is 16.9 Å². The maximum Gasteiger partial charge on any atom is 0.255 e. The van der Waals surface area contributed by atoms with Crippen molar-refractivity contribution in [1.29, 1.82) is 0 Å². The van der Waals surface area contributed by atoms with Crippen molar-refractivity contribution >= 4 is 11.7 Å². The van der Waals surface area contributed by atoms with Crippen molar-refractivity contribution < 1.29 is 9.53 Å². The van der Waals surface area contributed by atoms with Gasteiger partial charge in [-0.25, -0.2) is 4.68 Å². The number of carbonyl (C=O) groups excluding carboxylic acids is 1. The van der Waals surface area contributed by atoms with Crippen LogP contribution in [0.25, 0.3) is 0 Å². The Labute approximate surface area is 117 Å². The van der Waals surface area contributed by atoms with Crippen LogP contribution in [0.1, 0.15) is 28.5 Å². The van der Waals surface area contributed by atoms with Gasteiger partial charge in [0.2, 0.25) is 0 Å². The number of carbonyl (C=O) groups is 1. The predicted octanol–water partition coefficient (Wildman–Crippen LogP) is -0.446. The molecule has 0 radical (unpaired) electrons. The fourth-order valence-corrected chi connectivity index (χ4v) is 2.58. The van der Waals surface area contributed by atoms with Gasteiger partial charge in [0.25, 0.3) is 5.91 Å². The van der Waals surface area contributed by atoms with E-state index in [0.29, 0.717) is 12.4 Å². The molecule has 0 saturated carbocycles. The van der Waals surface area contributed by atoms with Gasteiger partial charge in [-0.3, -0.25) is 4.79 Å². The molecular formula is C13H19N5O2. The van der Waals surface area contributed by atoms with Gasteiger partial charge in [-0.15, -0.1) is 6.42 Å². The van der Waals surface area contributed by atoms with Gasteiger partial charge in [-0.1, -0.05) is 0 Å². The lowest BCUT2D eigenvalue weighted by Crippen LogP contribution is -2.25. The third-order valence-electron chi connectivity index (χ3n) is 3.44. The van der Waals surface area contributed by atoms with Crippen LogP contribution in [0.3, 0.4) is 0 Å². The molecule has 2 rings (SSSR count). The van der Waals surface area contributed by atoms with Gasteiger partial charge in [-0.05, 0) is 12.3 Å². The molecule has 1 aliphatic rings. The topological polar surface area (TPSA) is 94.2 Å². The van der Waals surface area contributed by atoms with Crippen LogP contribution < -0.4 is 16.4 Å². The minimum atomic E-state index is -0.576. The molecule has 7 nitrogen and oxygen atoms in total. The Morgan fingerprint density at radius 3 is 3.05 bits per heavy atom. The molecular weight excluding hydrogens is 258 g/mol. The third-order valence-corrected chi connectivity index (χ3v) is 3.44. The average molecular weight is 277 g/mol. The number of hydrogen-bond donors (Lipinski definition) is 3. The predicted molar refractivity (Wildman–Crippen MR) is 75.5 cm³/mol. The number of terminal acetylenes is 1. The summed E-state index contributed by atoms with van der Waals surface area (Å²) in [5.74, 6) is 2.40. The molecule has 4 N–H and O–H groups in total. The molecule has 108 valence electrons. The zero-order valence-corrected chi connectivity index (χ0v) is 11.6. The van der Waals surface area contributed by atoms with E-state index in [0.717, 1.165) is 13.0 Å². The van der Waals surface area contributed by atoms with E-state index in [9.17, 15) is 4.79 Å². The van der Waals surface area contributed by atoms with Crippen LogP contribution in [-0.2, 0) is 4.74 Å². The number of nitrogens with two attached hydrogens (primary N) is 1. The molecule has 7 heteroatoms. The Hall–Kier alpha value is -2.04. The lowest BCUT2D eigenvalue weighted by Gasteiger charge is -2.14. The van der Waals surface area contributed by atoms with Gasteiger partial charge >= 0.3 is 0 Å². The Balaban J connectivity index is 2.33. The Bertz CT molecular complexity index is 546. The Kier molecular flexibility index (Phi) is 4.27.